The van der Waals surface area contributed by atoms with Crippen molar-refractivity contribution in [1.82, 2.24) is 0 Å². The molecule has 1 aliphatic carbocycles. The van der Waals surface area contributed by atoms with Crippen LogP contribution in [0.3, 0.4) is 0 Å². The lowest BCUT2D eigenvalue weighted by atomic mass is 10.0. The Kier molecular flexibility index (Phi) is 2.64. The van der Waals surface area contributed by atoms with Crippen LogP contribution in [0, 0.1) is 0 Å². The Bertz CT molecular complexity index is 365. The van der Waals surface area contributed by atoms with Gasteiger partial charge in [0.1, 0.15) is 0 Å². The number of aromatic hydroxyl groups is 2. The first-order valence-electron chi connectivity index (χ1n) is 4.99. The Morgan fingerprint density at radius 2 is 2.00 bits per heavy atom. The molecule has 0 saturated heterocycles. The highest BCUT2D eigenvalue weighted by atomic mass is 79.9. The number of aryl methyl sites for hydroxylation is 1. The van der Waals surface area contributed by atoms with Crippen molar-refractivity contribution < 1.29 is 10.2 Å². The van der Waals surface area contributed by atoms with E-state index in [2.05, 4.69) is 15.9 Å². The third-order valence-corrected chi connectivity index (χ3v) is 3.51. The second-order valence-corrected chi connectivity index (χ2v) is 5.16. The SMILES string of the molecule is NC1(CCc2cc(O)c(O)c(Br)c2)CC1. The zero-order valence-electron chi connectivity index (χ0n) is 8.33. The second kappa shape index (κ2) is 3.68. The van der Waals surface area contributed by atoms with Gasteiger partial charge in [-0.2, -0.15) is 0 Å². The Labute approximate surface area is 97.0 Å². The van der Waals surface area contributed by atoms with E-state index in [9.17, 15) is 10.2 Å². The highest BCUT2D eigenvalue weighted by molar-refractivity contribution is 9.10. The number of phenols is 2. The minimum absolute atomic E-state index is 0.0278. The van der Waals surface area contributed by atoms with Gasteiger partial charge in [-0.05, 0) is 59.3 Å². The van der Waals surface area contributed by atoms with Crippen LogP contribution in [0.5, 0.6) is 11.5 Å². The monoisotopic (exact) mass is 271 g/mol. The summed E-state index contributed by atoms with van der Waals surface area (Å²) >= 11 is 3.19. The van der Waals surface area contributed by atoms with Crippen LogP contribution in [0.25, 0.3) is 0 Å². The molecule has 0 aliphatic heterocycles. The molecule has 1 fully saturated rings. The lowest BCUT2D eigenvalue weighted by Crippen LogP contribution is -2.22. The first kappa shape index (κ1) is 10.8. The molecule has 0 spiro atoms. The fourth-order valence-electron chi connectivity index (χ4n) is 1.59. The van der Waals surface area contributed by atoms with Gasteiger partial charge in [-0.25, -0.2) is 0 Å². The highest BCUT2D eigenvalue weighted by Crippen LogP contribution is 2.38. The zero-order valence-corrected chi connectivity index (χ0v) is 9.92. The summed E-state index contributed by atoms with van der Waals surface area (Å²) in [7, 11) is 0. The van der Waals surface area contributed by atoms with Gasteiger partial charge in [0.05, 0.1) is 4.47 Å². The van der Waals surface area contributed by atoms with E-state index in [1.807, 2.05) is 6.07 Å². The summed E-state index contributed by atoms with van der Waals surface area (Å²) in [5.41, 5.74) is 7.00. The predicted octanol–water partition coefficient (Wildman–Crippen LogP) is 2.28. The minimum atomic E-state index is -0.104. The third-order valence-electron chi connectivity index (χ3n) is 2.91. The van der Waals surface area contributed by atoms with Gasteiger partial charge < -0.3 is 15.9 Å². The van der Waals surface area contributed by atoms with E-state index >= 15 is 0 Å². The summed E-state index contributed by atoms with van der Waals surface area (Å²) in [4.78, 5) is 0. The van der Waals surface area contributed by atoms with E-state index in [0.29, 0.717) is 4.47 Å². The summed E-state index contributed by atoms with van der Waals surface area (Å²) in [5.74, 6) is -0.186. The van der Waals surface area contributed by atoms with Crippen LogP contribution in [-0.2, 0) is 6.42 Å². The molecular formula is C11H14BrNO2. The molecule has 1 aliphatic rings. The molecular weight excluding hydrogens is 258 g/mol. The molecule has 1 saturated carbocycles. The zero-order chi connectivity index (χ0) is 11.1. The number of benzene rings is 1. The Morgan fingerprint density at radius 1 is 1.33 bits per heavy atom. The largest absolute Gasteiger partial charge is 0.504 e. The van der Waals surface area contributed by atoms with Gasteiger partial charge in [-0.3, -0.25) is 0 Å². The molecule has 82 valence electrons. The van der Waals surface area contributed by atoms with Crippen LogP contribution in [0.15, 0.2) is 16.6 Å². The van der Waals surface area contributed by atoms with E-state index in [1.54, 1.807) is 6.07 Å². The molecule has 0 bridgehead atoms. The fraction of sp³-hybridized carbons (Fsp3) is 0.455. The number of hydrogen-bond donors (Lipinski definition) is 3. The number of rotatable bonds is 3. The van der Waals surface area contributed by atoms with Gasteiger partial charge in [0.2, 0.25) is 0 Å². The van der Waals surface area contributed by atoms with Crippen LogP contribution >= 0.6 is 15.9 Å². The normalized spacial score (nSPS) is 17.7. The van der Waals surface area contributed by atoms with Crippen molar-refractivity contribution in [2.45, 2.75) is 31.2 Å². The maximum Gasteiger partial charge on any atom is 0.171 e. The molecule has 0 amide bonds. The molecule has 1 aromatic rings. The molecule has 3 nitrogen and oxygen atoms in total. The standard InChI is InChI=1S/C11H14BrNO2/c12-8-5-7(6-9(14)10(8)15)1-2-11(13)3-4-11/h5-6,14-15H,1-4,13H2. The highest BCUT2D eigenvalue weighted by Gasteiger charge is 2.37. The molecule has 0 heterocycles. The van der Waals surface area contributed by atoms with Crippen molar-refractivity contribution in [1.29, 1.82) is 0 Å². The number of phenolic OH excluding ortho intramolecular Hbond substituents is 2. The van der Waals surface area contributed by atoms with Crippen molar-refractivity contribution in [3.63, 3.8) is 0 Å². The molecule has 0 radical (unpaired) electrons. The number of nitrogens with two attached hydrogens (primary N) is 1. The minimum Gasteiger partial charge on any atom is -0.504 e. The van der Waals surface area contributed by atoms with Gasteiger partial charge in [-0.1, -0.05) is 0 Å². The number of halogens is 1. The third kappa shape index (κ3) is 2.44. The quantitative estimate of drug-likeness (QED) is 0.739. The molecule has 4 heteroatoms. The smallest absolute Gasteiger partial charge is 0.171 e. The average molecular weight is 272 g/mol. The summed E-state index contributed by atoms with van der Waals surface area (Å²) in [6.45, 7) is 0. The first-order valence-corrected chi connectivity index (χ1v) is 5.79. The first-order chi connectivity index (χ1) is 7.00. The number of hydrogen-bond acceptors (Lipinski definition) is 3. The summed E-state index contributed by atoms with van der Waals surface area (Å²) in [5, 5.41) is 18.8. The van der Waals surface area contributed by atoms with E-state index in [1.165, 1.54) is 0 Å². The summed E-state index contributed by atoms with van der Waals surface area (Å²) in [6, 6.07) is 3.41. The maximum absolute atomic E-state index is 9.41. The second-order valence-electron chi connectivity index (χ2n) is 4.31. The Hall–Kier alpha value is -0.740. The lowest BCUT2D eigenvalue weighted by molar-refractivity contribution is 0.400. The molecule has 0 aromatic heterocycles. The van der Waals surface area contributed by atoms with Crippen LogP contribution in [0.2, 0.25) is 0 Å². The Balaban J connectivity index is 2.08. The maximum atomic E-state index is 9.41. The van der Waals surface area contributed by atoms with Crippen LogP contribution in [-0.4, -0.2) is 15.8 Å². The van der Waals surface area contributed by atoms with Crippen molar-refractivity contribution in [3.05, 3.63) is 22.2 Å². The average Bonchev–Trinajstić information content (AvgIpc) is 2.90. The fourth-order valence-corrected chi connectivity index (χ4v) is 2.08. The molecule has 0 unspecified atom stereocenters. The van der Waals surface area contributed by atoms with E-state index < -0.39 is 0 Å². The topological polar surface area (TPSA) is 66.5 Å². The van der Waals surface area contributed by atoms with Gasteiger partial charge in [0.25, 0.3) is 0 Å². The van der Waals surface area contributed by atoms with Gasteiger partial charge in [0.15, 0.2) is 11.5 Å². The molecule has 2 rings (SSSR count). The van der Waals surface area contributed by atoms with Gasteiger partial charge in [-0.15, -0.1) is 0 Å². The predicted molar refractivity (Wildman–Crippen MR) is 61.9 cm³/mol. The van der Waals surface area contributed by atoms with Crippen LogP contribution in [0.1, 0.15) is 24.8 Å². The molecule has 0 atom stereocenters. The van der Waals surface area contributed by atoms with Crippen molar-refractivity contribution in [3.8, 4) is 11.5 Å². The van der Waals surface area contributed by atoms with Crippen molar-refractivity contribution in [2.24, 2.45) is 5.73 Å². The van der Waals surface area contributed by atoms with Crippen LogP contribution in [0.4, 0.5) is 0 Å². The Morgan fingerprint density at radius 3 is 2.53 bits per heavy atom. The summed E-state index contributed by atoms with van der Waals surface area (Å²) < 4.78 is 0.527. The molecule has 1 aromatic carbocycles. The van der Waals surface area contributed by atoms with Crippen LogP contribution < -0.4 is 5.73 Å². The van der Waals surface area contributed by atoms with E-state index in [0.717, 1.165) is 31.2 Å². The van der Waals surface area contributed by atoms with Crippen molar-refractivity contribution in [2.75, 3.05) is 0 Å². The lowest BCUT2D eigenvalue weighted by Gasteiger charge is -2.09. The van der Waals surface area contributed by atoms with E-state index in [-0.39, 0.29) is 17.0 Å². The van der Waals surface area contributed by atoms with Gasteiger partial charge in [0, 0.05) is 5.54 Å². The molecule has 15 heavy (non-hydrogen) atoms. The van der Waals surface area contributed by atoms with Crippen molar-refractivity contribution >= 4 is 15.9 Å². The van der Waals surface area contributed by atoms with Gasteiger partial charge >= 0.3 is 0 Å². The summed E-state index contributed by atoms with van der Waals surface area (Å²) in [6.07, 6.45) is 3.96. The molecule has 4 N–H and O–H groups in total. The van der Waals surface area contributed by atoms with E-state index in [4.69, 9.17) is 5.73 Å².